The Labute approximate surface area is 147 Å². The summed E-state index contributed by atoms with van der Waals surface area (Å²) in [6, 6.07) is 13.6. The molecule has 3 rings (SSSR count). The van der Waals surface area contributed by atoms with Crippen molar-refractivity contribution in [2.75, 3.05) is 10.6 Å². The van der Waals surface area contributed by atoms with Gasteiger partial charge in [-0.2, -0.15) is 0 Å². The first-order valence-corrected chi connectivity index (χ1v) is 8.25. The van der Waals surface area contributed by atoms with Crippen LogP contribution in [0.15, 0.2) is 60.1 Å². The Hall–Kier alpha value is -2.70. The number of halogens is 1. The van der Waals surface area contributed by atoms with Gasteiger partial charge in [0.05, 0.1) is 10.4 Å². The normalized spacial score (nSPS) is 10.2. The molecule has 5 nitrogen and oxygen atoms in total. The summed E-state index contributed by atoms with van der Waals surface area (Å²) in [4.78, 5) is 28.6. The number of nitrogens with zero attached hydrogens (tertiary/aromatic N) is 1. The number of hydrogen-bond acceptors (Lipinski definition) is 4. The second kappa shape index (κ2) is 7.25. The summed E-state index contributed by atoms with van der Waals surface area (Å²) in [5, 5.41) is 7.73. The van der Waals surface area contributed by atoms with E-state index in [1.807, 2.05) is 11.4 Å². The lowest BCUT2D eigenvalue weighted by atomic mass is 10.2. The van der Waals surface area contributed by atoms with Gasteiger partial charge in [0, 0.05) is 17.6 Å². The molecule has 0 atom stereocenters. The fourth-order valence-corrected chi connectivity index (χ4v) is 2.68. The molecule has 0 saturated heterocycles. The molecule has 0 fully saturated rings. The third-order valence-corrected chi connectivity index (χ3v) is 4.23. The summed E-state index contributed by atoms with van der Waals surface area (Å²) < 4.78 is 0. The van der Waals surface area contributed by atoms with Crippen LogP contribution in [-0.4, -0.2) is 16.8 Å². The number of pyridine rings is 1. The van der Waals surface area contributed by atoms with Crippen LogP contribution in [0.3, 0.4) is 0 Å². The number of aromatic nitrogens is 1. The van der Waals surface area contributed by atoms with Gasteiger partial charge in [-0.1, -0.05) is 17.7 Å². The molecule has 0 aliphatic heterocycles. The number of amides is 2. The third kappa shape index (κ3) is 3.98. The van der Waals surface area contributed by atoms with Gasteiger partial charge >= 0.3 is 0 Å². The van der Waals surface area contributed by atoms with Crippen LogP contribution >= 0.6 is 22.9 Å². The summed E-state index contributed by atoms with van der Waals surface area (Å²) in [5.74, 6) is -0.441. The fraction of sp³-hybridized carbons (Fsp3) is 0. The van der Waals surface area contributed by atoms with E-state index >= 15 is 0 Å². The molecule has 0 saturated carbocycles. The molecule has 0 bridgehead atoms. The number of carbonyl (C=O) groups is 2. The van der Waals surface area contributed by atoms with Crippen LogP contribution in [0.2, 0.25) is 5.15 Å². The average molecular weight is 358 g/mol. The van der Waals surface area contributed by atoms with Crippen molar-refractivity contribution in [2.24, 2.45) is 0 Å². The number of hydrogen-bond donors (Lipinski definition) is 2. The van der Waals surface area contributed by atoms with Gasteiger partial charge < -0.3 is 10.6 Å². The molecule has 0 aliphatic carbocycles. The van der Waals surface area contributed by atoms with Crippen LogP contribution in [0.25, 0.3) is 0 Å². The van der Waals surface area contributed by atoms with Gasteiger partial charge in [0.15, 0.2) is 0 Å². The van der Waals surface area contributed by atoms with E-state index in [4.69, 9.17) is 11.6 Å². The predicted molar refractivity (Wildman–Crippen MR) is 95.9 cm³/mol. The van der Waals surface area contributed by atoms with Crippen molar-refractivity contribution >= 4 is 46.1 Å². The third-order valence-electron chi connectivity index (χ3n) is 3.14. The first-order valence-electron chi connectivity index (χ1n) is 6.99. The molecule has 2 heterocycles. The van der Waals surface area contributed by atoms with E-state index in [9.17, 15) is 9.59 Å². The maximum Gasteiger partial charge on any atom is 0.265 e. The van der Waals surface area contributed by atoms with E-state index < -0.39 is 0 Å². The molecule has 120 valence electrons. The Morgan fingerprint density at radius 1 is 0.917 bits per heavy atom. The molecule has 0 radical (unpaired) electrons. The van der Waals surface area contributed by atoms with Crippen LogP contribution in [-0.2, 0) is 0 Å². The van der Waals surface area contributed by atoms with Crippen molar-refractivity contribution in [2.45, 2.75) is 0 Å². The summed E-state index contributed by atoms with van der Waals surface area (Å²) in [6.07, 6.45) is 1.41. The Morgan fingerprint density at radius 3 is 2.12 bits per heavy atom. The Balaban J connectivity index is 1.63. The van der Waals surface area contributed by atoms with Crippen molar-refractivity contribution in [3.05, 3.63) is 75.7 Å². The first kappa shape index (κ1) is 16.2. The molecule has 0 unspecified atom stereocenters. The zero-order valence-corrected chi connectivity index (χ0v) is 13.9. The summed E-state index contributed by atoms with van der Waals surface area (Å²) >= 11 is 7.07. The van der Waals surface area contributed by atoms with Crippen molar-refractivity contribution in [3.63, 3.8) is 0 Å². The maximum atomic E-state index is 12.1. The second-order valence-corrected chi connectivity index (χ2v) is 6.17. The number of anilines is 2. The monoisotopic (exact) mass is 357 g/mol. The molecule has 0 aliphatic rings. The first-order chi connectivity index (χ1) is 11.6. The SMILES string of the molecule is O=C(Nc1ccc(NC(=O)c2cccs2)cc1)c1ccc(Cl)nc1. The predicted octanol–water partition coefficient (Wildman–Crippen LogP) is 4.30. The van der Waals surface area contributed by atoms with Crippen LogP contribution in [0.1, 0.15) is 20.0 Å². The molecule has 2 amide bonds. The topological polar surface area (TPSA) is 71.1 Å². The van der Waals surface area contributed by atoms with Crippen molar-refractivity contribution in [1.82, 2.24) is 4.98 Å². The van der Waals surface area contributed by atoms with Gasteiger partial charge in [0.2, 0.25) is 0 Å². The zero-order valence-electron chi connectivity index (χ0n) is 12.3. The Morgan fingerprint density at radius 2 is 1.58 bits per heavy atom. The standard InChI is InChI=1S/C17H12ClN3O2S/c18-15-8-3-11(10-19-15)16(22)20-12-4-6-13(7-5-12)21-17(23)14-2-1-9-24-14/h1-10H,(H,20,22)(H,21,23). The van der Waals surface area contributed by atoms with Gasteiger partial charge in [0.25, 0.3) is 11.8 Å². The van der Waals surface area contributed by atoms with Crippen LogP contribution in [0.5, 0.6) is 0 Å². The largest absolute Gasteiger partial charge is 0.322 e. The van der Waals surface area contributed by atoms with E-state index in [1.54, 1.807) is 42.5 Å². The molecule has 24 heavy (non-hydrogen) atoms. The highest BCUT2D eigenvalue weighted by atomic mass is 35.5. The minimum absolute atomic E-state index is 0.158. The smallest absolute Gasteiger partial charge is 0.265 e. The van der Waals surface area contributed by atoms with Crippen LogP contribution in [0.4, 0.5) is 11.4 Å². The van der Waals surface area contributed by atoms with Gasteiger partial charge in [-0.15, -0.1) is 11.3 Å². The number of thiophene rings is 1. The highest BCUT2D eigenvalue weighted by Crippen LogP contribution is 2.17. The van der Waals surface area contributed by atoms with Crippen molar-refractivity contribution in [1.29, 1.82) is 0 Å². The minimum Gasteiger partial charge on any atom is -0.322 e. The summed E-state index contributed by atoms with van der Waals surface area (Å²) in [6.45, 7) is 0. The summed E-state index contributed by atoms with van der Waals surface area (Å²) in [5.41, 5.74) is 1.68. The van der Waals surface area contributed by atoms with Gasteiger partial charge in [0.1, 0.15) is 5.15 Å². The Kier molecular flexibility index (Phi) is 4.88. The van der Waals surface area contributed by atoms with E-state index in [0.717, 1.165) is 0 Å². The van der Waals surface area contributed by atoms with Gasteiger partial charge in [-0.25, -0.2) is 4.98 Å². The van der Waals surface area contributed by atoms with E-state index in [-0.39, 0.29) is 11.8 Å². The lowest BCUT2D eigenvalue weighted by Crippen LogP contribution is -2.12. The van der Waals surface area contributed by atoms with Gasteiger partial charge in [-0.3, -0.25) is 9.59 Å². The molecule has 3 aromatic rings. The van der Waals surface area contributed by atoms with E-state index in [1.165, 1.54) is 17.5 Å². The van der Waals surface area contributed by atoms with Crippen LogP contribution in [0, 0.1) is 0 Å². The minimum atomic E-state index is -0.283. The highest BCUT2D eigenvalue weighted by molar-refractivity contribution is 7.12. The highest BCUT2D eigenvalue weighted by Gasteiger charge is 2.08. The number of nitrogens with one attached hydrogen (secondary N) is 2. The molecular formula is C17H12ClN3O2S. The fourth-order valence-electron chi connectivity index (χ4n) is 1.95. The molecule has 1 aromatic carbocycles. The van der Waals surface area contributed by atoms with E-state index in [2.05, 4.69) is 15.6 Å². The van der Waals surface area contributed by atoms with Gasteiger partial charge in [-0.05, 0) is 47.8 Å². The maximum absolute atomic E-state index is 12.1. The average Bonchev–Trinajstić information content (AvgIpc) is 3.12. The number of carbonyl (C=O) groups excluding carboxylic acids is 2. The van der Waals surface area contributed by atoms with Crippen molar-refractivity contribution in [3.8, 4) is 0 Å². The quantitative estimate of drug-likeness (QED) is 0.684. The van der Waals surface area contributed by atoms with E-state index in [0.29, 0.717) is 27.0 Å². The lowest BCUT2D eigenvalue weighted by molar-refractivity contribution is 0.102. The second-order valence-electron chi connectivity index (χ2n) is 4.83. The molecule has 2 N–H and O–H groups in total. The zero-order chi connectivity index (χ0) is 16.9. The number of rotatable bonds is 4. The molecule has 7 heteroatoms. The molecular weight excluding hydrogens is 346 g/mol. The number of benzene rings is 1. The Bertz CT molecular complexity index is 847. The molecule has 0 spiro atoms. The lowest BCUT2D eigenvalue weighted by Gasteiger charge is -2.07. The van der Waals surface area contributed by atoms with Crippen LogP contribution < -0.4 is 10.6 Å². The molecule has 2 aromatic heterocycles. The van der Waals surface area contributed by atoms with Crippen molar-refractivity contribution < 1.29 is 9.59 Å². The summed E-state index contributed by atoms with van der Waals surface area (Å²) in [7, 11) is 0.